The van der Waals surface area contributed by atoms with Crippen molar-refractivity contribution in [1.29, 1.82) is 0 Å². The highest BCUT2D eigenvalue weighted by molar-refractivity contribution is 5.98. The zero-order valence-corrected chi connectivity index (χ0v) is 22.3. The van der Waals surface area contributed by atoms with Gasteiger partial charge in [0.2, 0.25) is 0 Å². The van der Waals surface area contributed by atoms with Crippen molar-refractivity contribution < 1.29 is 32.2 Å². The molecule has 3 aromatic rings. The third-order valence-electron chi connectivity index (χ3n) is 6.70. The van der Waals surface area contributed by atoms with Crippen LogP contribution >= 0.6 is 0 Å². The van der Waals surface area contributed by atoms with Crippen LogP contribution in [0.4, 0.5) is 28.9 Å². The molecule has 0 unspecified atom stereocenters. The summed E-state index contributed by atoms with van der Waals surface area (Å²) in [5.41, 5.74) is 1.76. The number of carbonyl (C=O) groups is 1. The third kappa shape index (κ3) is 6.74. The molecule has 0 amide bonds. The highest BCUT2D eigenvalue weighted by Gasteiger charge is 2.30. The second-order valence-corrected chi connectivity index (χ2v) is 9.73. The zero-order chi connectivity index (χ0) is 29.0. The van der Waals surface area contributed by atoms with Crippen molar-refractivity contribution in [2.75, 3.05) is 32.1 Å². The second kappa shape index (κ2) is 12.0. The van der Waals surface area contributed by atoms with Crippen LogP contribution in [-0.2, 0) is 6.54 Å². The number of aliphatic imine (C=N–C) groups is 1. The summed E-state index contributed by atoms with van der Waals surface area (Å²) in [7, 11) is 1.40. The van der Waals surface area contributed by atoms with Crippen LogP contribution in [0.5, 0.6) is 5.75 Å². The number of methoxy groups -OCH3 is 1. The van der Waals surface area contributed by atoms with Crippen molar-refractivity contribution in [3.63, 3.8) is 0 Å². The molecule has 0 spiro atoms. The minimum atomic E-state index is -4.49. The molecule has 1 aromatic heterocycles. The number of carboxylic acid groups (broad SMARTS) is 1. The van der Waals surface area contributed by atoms with Gasteiger partial charge in [-0.2, -0.15) is 13.2 Å². The molecule has 1 atom stereocenters. The lowest BCUT2D eigenvalue weighted by Gasteiger charge is -2.33. The first-order valence-corrected chi connectivity index (χ1v) is 12.8. The topological polar surface area (TPSA) is 79.1 Å². The average molecular weight is 559 g/mol. The van der Waals surface area contributed by atoms with Gasteiger partial charge in [-0.15, -0.1) is 0 Å². The van der Waals surface area contributed by atoms with E-state index in [-0.39, 0.29) is 30.4 Å². The Morgan fingerprint density at radius 2 is 2.02 bits per heavy atom. The van der Waals surface area contributed by atoms with Gasteiger partial charge in [0.05, 0.1) is 47.5 Å². The summed E-state index contributed by atoms with van der Waals surface area (Å²) in [6.07, 6.45) is -5.31. The molecule has 7 nitrogen and oxygen atoms in total. The number of nitrogens with one attached hydrogen (secondary N) is 1. The van der Waals surface area contributed by atoms with Crippen molar-refractivity contribution >= 4 is 34.0 Å². The molecule has 1 fully saturated rings. The van der Waals surface area contributed by atoms with Gasteiger partial charge in [-0.25, -0.2) is 9.18 Å². The van der Waals surface area contributed by atoms with Gasteiger partial charge in [-0.3, -0.25) is 9.89 Å². The fourth-order valence-electron chi connectivity index (χ4n) is 4.63. The smallest absolute Gasteiger partial charge is 0.406 e. The molecule has 0 saturated carbocycles. The van der Waals surface area contributed by atoms with Crippen LogP contribution in [0.15, 0.2) is 47.5 Å². The van der Waals surface area contributed by atoms with Crippen LogP contribution < -0.4 is 10.1 Å². The number of anilines is 1. The molecule has 2 aromatic carbocycles. The van der Waals surface area contributed by atoms with Crippen LogP contribution in [0.1, 0.15) is 36.3 Å². The van der Waals surface area contributed by atoms with Gasteiger partial charge in [0, 0.05) is 30.9 Å². The molecule has 2 N–H and O–H groups in total. The molecule has 1 saturated heterocycles. The fraction of sp³-hybridized carbons (Fsp3) is 0.379. The lowest BCUT2D eigenvalue weighted by molar-refractivity contribution is -0.140. The Bertz CT molecular complexity index is 1480. The van der Waals surface area contributed by atoms with Crippen molar-refractivity contribution in [2.45, 2.75) is 45.2 Å². The van der Waals surface area contributed by atoms with Crippen LogP contribution in [0.25, 0.3) is 10.9 Å². The SMILES string of the molecule is COc1cc(C(=O)O)ccc1NCC#Cc1cc2c(/N=C3\CCN(C(C)C)C[C@H]3F)cccc2n1CC(F)(F)F. The predicted octanol–water partition coefficient (Wildman–Crippen LogP) is 5.90. The Balaban J connectivity index is 1.63. The molecular formula is C29H30F4N4O3. The van der Waals surface area contributed by atoms with E-state index in [4.69, 9.17) is 9.84 Å². The molecule has 1 aliphatic rings. The number of halogens is 4. The fourth-order valence-corrected chi connectivity index (χ4v) is 4.63. The molecule has 11 heteroatoms. The molecule has 212 valence electrons. The van der Waals surface area contributed by atoms with Crippen molar-refractivity contribution in [3.05, 3.63) is 53.7 Å². The first kappa shape index (κ1) is 29.0. The predicted molar refractivity (Wildman–Crippen MR) is 147 cm³/mol. The second-order valence-electron chi connectivity index (χ2n) is 9.73. The highest BCUT2D eigenvalue weighted by atomic mass is 19.4. The number of alkyl halides is 4. The molecule has 0 bridgehead atoms. The molecule has 0 radical (unpaired) electrons. The third-order valence-corrected chi connectivity index (χ3v) is 6.70. The number of aromatic nitrogens is 1. The van der Waals surface area contributed by atoms with Gasteiger partial charge in [-0.05, 0) is 56.2 Å². The number of likely N-dealkylation sites (tertiary alicyclic amines) is 1. The number of aromatic carboxylic acids is 1. The quantitative estimate of drug-likeness (QED) is 0.279. The molecule has 40 heavy (non-hydrogen) atoms. The first-order chi connectivity index (χ1) is 19.0. The van der Waals surface area contributed by atoms with Crippen LogP contribution in [-0.4, -0.2) is 71.4 Å². The Labute approximate surface area is 229 Å². The summed E-state index contributed by atoms with van der Waals surface area (Å²) in [5.74, 6) is 4.83. The number of ether oxygens (including phenoxy) is 1. The van der Waals surface area contributed by atoms with E-state index in [2.05, 4.69) is 22.2 Å². The van der Waals surface area contributed by atoms with Gasteiger partial charge in [0.15, 0.2) is 6.17 Å². The molecule has 2 heterocycles. The summed E-state index contributed by atoms with van der Waals surface area (Å²) < 4.78 is 61.8. The number of fused-ring (bicyclic) bond motifs is 1. The van der Waals surface area contributed by atoms with Crippen molar-refractivity contribution in [2.24, 2.45) is 4.99 Å². The number of carboxylic acids is 1. The summed E-state index contributed by atoms with van der Waals surface area (Å²) in [4.78, 5) is 17.8. The van der Waals surface area contributed by atoms with E-state index in [0.29, 0.717) is 46.7 Å². The first-order valence-electron chi connectivity index (χ1n) is 12.8. The Kier molecular flexibility index (Phi) is 8.69. The van der Waals surface area contributed by atoms with E-state index in [1.807, 2.05) is 18.7 Å². The lowest BCUT2D eigenvalue weighted by atomic mass is 10.0. The zero-order valence-electron chi connectivity index (χ0n) is 22.3. The maximum Gasteiger partial charge on any atom is 0.406 e. The summed E-state index contributed by atoms with van der Waals surface area (Å²) in [6.45, 7) is 3.71. The number of benzene rings is 2. The number of hydrogen-bond donors (Lipinski definition) is 2. The minimum absolute atomic E-state index is 0.0501. The Hall–Kier alpha value is -4.04. The number of hydrogen-bond acceptors (Lipinski definition) is 5. The maximum atomic E-state index is 14.9. The largest absolute Gasteiger partial charge is 0.495 e. The van der Waals surface area contributed by atoms with Crippen LogP contribution in [0.2, 0.25) is 0 Å². The van der Waals surface area contributed by atoms with E-state index < -0.39 is 24.9 Å². The number of nitrogens with zero attached hydrogens (tertiary/aromatic N) is 3. The van der Waals surface area contributed by atoms with Crippen molar-refractivity contribution in [1.82, 2.24) is 9.47 Å². The van der Waals surface area contributed by atoms with Crippen LogP contribution in [0.3, 0.4) is 0 Å². The number of rotatable bonds is 7. The number of piperidine rings is 1. The van der Waals surface area contributed by atoms with Crippen LogP contribution in [0, 0.1) is 11.8 Å². The molecule has 1 aliphatic heterocycles. The lowest BCUT2D eigenvalue weighted by Crippen LogP contribution is -2.45. The molecule has 0 aliphatic carbocycles. The monoisotopic (exact) mass is 558 g/mol. The van der Waals surface area contributed by atoms with Gasteiger partial charge in [0.1, 0.15) is 12.3 Å². The highest BCUT2D eigenvalue weighted by Crippen LogP contribution is 2.33. The van der Waals surface area contributed by atoms with E-state index in [9.17, 15) is 22.4 Å². The average Bonchev–Trinajstić information content (AvgIpc) is 3.24. The van der Waals surface area contributed by atoms with E-state index in [0.717, 1.165) is 4.57 Å². The van der Waals surface area contributed by atoms with Gasteiger partial charge in [-0.1, -0.05) is 12.0 Å². The minimum Gasteiger partial charge on any atom is -0.495 e. The normalized spacial score (nSPS) is 17.2. The van der Waals surface area contributed by atoms with E-state index in [1.54, 1.807) is 24.3 Å². The standard InChI is InChI=1S/C29H30F4N4O3/c1-18(2)36-13-11-24(22(30)16-36)35-23-7-4-8-26-21(23)15-20(37(26)17-29(31,32)33)6-5-12-34-25-10-9-19(28(38)39)14-27(25)40-3/h4,7-10,14-15,18,22,34H,11-13,16-17H2,1-3H3,(H,38,39)/b35-24+/t22-/m1/s1. The van der Waals surface area contributed by atoms with Gasteiger partial charge >= 0.3 is 12.1 Å². The summed E-state index contributed by atoms with van der Waals surface area (Å²) in [6, 6.07) is 10.9. The summed E-state index contributed by atoms with van der Waals surface area (Å²) in [5, 5.41) is 12.6. The maximum absolute atomic E-state index is 14.9. The molecule has 4 rings (SSSR count). The van der Waals surface area contributed by atoms with E-state index >= 15 is 0 Å². The molecular weight excluding hydrogens is 528 g/mol. The van der Waals surface area contributed by atoms with Crippen molar-refractivity contribution in [3.8, 4) is 17.6 Å². The van der Waals surface area contributed by atoms with Gasteiger partial charge < -0.3 is 19.7 Å². The Morgan fingerprint density at radius 1 is 1.25 bits per heavy atom. The van der Waals surface area contributed by atoms with E-state index in [1.165, 1.54) is 25.3 Å². The Morgan fingerprint density at radius 3 is 2.67 bits per heavy atom. The van der Waals surface area contributed by atoms with Gasteiger partial charge in [0.25, 0.3) is 0 Å². The summed E-state index contributed by atoms with van der Waals surface area (Å²) >= 11 is 0.